The number of pyridine rings is 1. The van der Waals surface area contributed by atoms with Gasteiger partial charge in [-0.25, -0.2) is 0 Å². The van der Waals surface area contributed by atoms with Crippen LogP contribution in [-0.4, -0.2) is 34.9 Å². The first kappa shape index (κ1) is 18.4. The molecule has 0 aliphatic carbocycles. The van der Waals surface area contributed by atoms with Crippen LogP contribution in [0.5, 0.6) is 5.75 Å². The Hall–Kier alpha value is -2.64. The minimum Gasteiger partial charge on any atom is -0.481 e. The second kappa shape index (κ2) is 5.86. The Kier molecular flexibility index (Phi) is 4.69. The van der Waals surface area contributed by atoms with E-state index in [1.54, 1.807) is 0 Å². The van der Waals surface area contributed by atoms with Crippen LogP contribution in [0, 0.1) is 17.0 Å². The van der Waals surface area contributed by atoms with Crippen LogP contribution >= 0.6 is 0 Å². The van der Waals surface area contributed by atoms with Crippen LogP contribution in [0.2, 0.25) is 0 Å². The Morgan fingerprint density at radius 2 is 1.96 bits per heavy atom. The lowest BCUT2D eigenvalue weighted by Gasteiger charge is -2.13. The number of aliphatic carboxylic acids is 1. The van der Waals surface area contributed by atoms with E-state index in [4.69, 9.17) is 5.11 Å². The standard InChI is InChI=1S/C9H7F3N2O8S/c1-3-4(2-5(15)16)7(6(14(18)19)8(17)13-3)22-23(20,21)9(10,11)12/h2H2,1H3,(H,13,17)(H,15,16). The third kappa shape index (κ3) is 3.77. The lowest BCUT2D eigenvalue weighted by molar-refractivity contribution is -0.387. The van der Waals surface area contributed by atoms with Gasteiger partial charge in [0.2, 0.25) is 5.75 Å². The van der Waals surface area contributed by atoms with Crippen molar-refractivity contribution in [1.29, 1.82) is 0 Å². The molecule has 0 amide bonds. The number of carboxylic acids is 1. The Labute approximate surface area is 124 Å². The first-order valence-electron chi connectivity index (χ1n) is 5.40. The molecule has 0 aliphatic rings. The summed E-state index contributed by atoms with van der Waals surface area (Å²) in [6, 6.07) is 0. The van der Waals surface area contributed by atoms with Gasteiger partial charge in [-0.1, -0.05) is 0 Å². The van der Waals surface area contributed by atoms with E-state index in [9.17, 15) is 41.3 Å². The summed E-state index contributed by atoms with van der Waals surface area (Å²) in [7, 11) is -6.35. The van der Waals surface area contributed by atoms with Crippen molar-refractivity contribution >= 4 is 21.8 Å². The van der Waals surface area contributed by atoms with Crippen LogP contribution in [0.1, 0.15) is 11.3 Å². The number of aromatic nitrogens is 1. The van der Waals surface area contributed by atoms with Crippen molar-refractivity contribution in [3.8, 4) is 5.75 Å². The molecule has 0 unspecified atom stereocenters. The van der Waals surface area contributed by atoms with E-state index in [2.05, 4.69) is 4.18 Å². The second-order valence-electron chi connectivity index (χ2n) is 4.05. The molecular formula is C9H7F3N2O8S. The summed E-state index contributed by atoms with van der Waals surface area (Å²) in [4.78, 5) is 33.4. The number of aromatic amines is 1. The van der Waals surface area contributed by atoms with Gasteiger partial charge in [-0.15, -0.1) is 0 Å². The molecule has 0 spiro atoms. The van der Waals surface area contributed by atoms with Gasteiger partial charge < -0.3 is 14.3 Å². The zero-order valence-electron chi connectivity index (χ0n) is 11.0. The number of hydrogen-bond donors (Lipinski definition) is 2. The van der Waals surface area contributed by atoms with E-state index < -0.39 is 61.2 Å². The number of alkyl halides is 3. The SMILES string of the molecule is Cc1[nH]c(=O)c([N+](=O)[O-])c(OS(=O)(=O)C(F)(F)F)c1CC(=O)O. The van der Waals surface area contributed by atoms with Crippen molar-refractivity contribution in [2.75, 3.05) is 0 Å². The van der Waals surface area contributed by atoms with Crippen LogP contribution in [-0.2, 0) is 21.3 Å². The number of halogens is 3. The normalized spacial score (nSPS) is 12.0. The molecule has 10 nitrogen and oxygen atoms in total. The van der Waals surface area contributed by atoms with Crippen LogP contribution < -0.4 is 9.74 Å². The summed E-state index contributed by atoms with van der Waals surface area (Å²) in [5.74, 6) is -3.24. The van der Waals surface area contributed by atoms with Crippen molar-refractivity contribution in [3.63, 3.8) is 0 Å². The highest BCUT2D eigenvalue weighted by molar-refractivity contribution is 7.88. The first-order valence-corrected chi connectivity index (χ1v) is 6.81. The van der Waals surface area contributed by atoms with Gasteiger partial charge in [0, 0.05) is 11.3 Å². The van der Waals surface area contributed by atoms with Gasteiger partial charge in [-0.2, -0.15) is 21.6 Å². The highest BCUT2D eigenvalue weighted by Crippen LogP contribution is 2.34. The van der Waals surface area contributed by atoms with Crippen molar-refractivity contribution in [3.05, 3.63) is 31.7 Å². The number of carboxylic acid groups (broad SMARTS) is 1. The predicted molar refractivity (Wildman–Crippen MR) is 65.4 cm³/mol. The highest BCUT2D eigenvalue weighted by atomic mass is 32.2. The molecule has 23 heavy (non-hydrogen) atoms. The monoisotopic (exact) mass is 360 g/mol. The van der Waals surface area contributed by atoms with Gasteiger partial charge in [0.25, 0.3) is 0 Å². The third-order valence-corrected chi connectivity index (χ3v) is 3.40. The van der Waals surface area contributed by atoms with Gasteiger partial charge in [0.1, 0.15) is 0 Å². The molecule has 1 aromatic rings. The maximum absolute atomic E-state index is 12.4. The van der Waals surface area contributed by atoms with Crippen molar-refractivity contribution in [2.45, 2.75) is 18.9 Å². The molecule has 1 aromatic heterocycles. The number of nitro groups is 1. The fourth-order valence-electron chi connectivity index (χ4n) is 1.50. The van der Waals surface area contributed by atoms with E-state index in [1.165, 1.54) is 0 Å². The molecule has 0 fully saturated rings. The molecule has 1 rings (SSSR count). The predicted octanol–water partition coefficient (Wildman–Crippen LogP) is 0.447. The largest absolute Gasteiger partial charge is 0.534 e. The van der Waals surface area contributed by atoms with E-state index in [0.717, 1.165) is 6.92 Å². The Balaban J connectivity index is 3.75. The van der Waals surface area contributed by atoms with Gasteiger partial charge in [0.05, 0.1) is 11.3 Å². The smallest absolute Gasteiger partial charge is 0.481 e. The van der Waals surface area contributed by atoms with Crippen molar-refractivity contribution in [1.82, 2.24) is 4.98 Å². The minimum atomic E-state index is -6.35. The molecule has 0 saturated heterocycles. The van der Waals surface area contributed by atoms with Crippen molar-refractivity contribution < 1.29 is 40.6 Å². The maximum atomic E-state index is 12.4. The summed E-state index contributed by atoms with van der Waals surface area (Å²) in [6.45, 7) is 1.01. The van der Waals surface area contributed by atoms with Gasteiger partial charge in [-0.05, 0) is 6.92 Å². The minimum absolute atomic E-state index is 0.393. The molecule has 0 radical (unpaired) electrons. The van der Waals surface area contributed by atoms with E-state index in [0.29, 0.717) is 0 Å². The second-order valence-corrected chi connectivity index (χ2v) is 5.58. The molecule has 1 heterocycles. The number of rotatable bonds is 5. The summed E-state index contributed by atoms with van der Waals surface area (Å²) >= 11 is 0. The van der Waals surface area contributed by atoms with Crippen LogP contribution in [0.3, 0.4) is 0 Å². The summed E-state index contributed by atoms with van der Waals surface area (Å²) in [5.41, 5.74) is -10.3. The molecule has 0 aliphatic heterocycles. The number of nitrogens with one attached hydrogen (secondary N) is 1. The zero-order valence-corrected chi connectivity index (χ0v) is 11.8. The lowest BCUT2D eigenvalue weighted by atomic mass is 10.1. The van der Waals surface area contributed by atoms with Gasteiger partial charge in [0.15, 0.2) is 0 Å². The Bertz CT molecular complexity index is 826. The number of aryl methyl sites for hydroxylation is 1. The number of carbonyl (C=O) groups is 1. The number of hydrogen-bond acceptors (Lipinski definition) is 7. The topological polar surface area (TPSA) is 157 Å². The zero-order chi connectivity index (χ0) is 18.2. The Morgan fingerprint density at radius 3 is 2.35 bits per heavy atom. The molecular weight excluding hydrogens is 353 g/mol. The van der Waals surface area contributed by atoms with Crippen molar-refractivity contribution in [2.24, 2.45) is 0 Å². The van der Waals surface area contributed by atoms with Crippen LogP contribution in [0.25, 0.3) is 0 Å². The molecule has 0 saturated carbocycles. The molecule has 0 aromatic carbocycles. The molecule has 128 valence electrons. The van der Waals surface area contributed by atoms with Gasteiger partial charge >= 0.3 is 32.8 Å². The van der Waals surface area contributed by atoms with Crippen LogP contribution in [0.15, 0.2) is 4.79 Å². The highest BCUT2D eigenvalue weighted by Gasteiger charge is 2.50. The van der Waals surface area contributed by atoms with Crippen LogP contribution in [0.4, 0.5) is 18.9 Å². The average molecular weight is 360 g/mol. The molecule has 0 atom stereocenters. The summed E-state index contributed by atoms with van der Waals surface area (Å²) in [6.07, 6.45) is -1.12. The Morgan fingerprint density at radius 1 is 1.43 bits per heavy atom. The molecule has 2 N–H and O–H groups in total. The first-order chi connectivity index (χ1) is 10.3. The number of H-pyrrole nitrogens is 1. The van der Waals surface area contributed by atoms with E-state index >= 15 is 0 Å². The number of nitrogens with zero attached hydrogens (tertiary/aromatic N) is 1. The van der Waals surface area contributed by atoms with Gasteiger partial charge in [-0.3, -0.25) is 19.7 Å². The summed E-state index contributed by atoms with van der Waals surface area (Å²) in [5, 5.41) is 19.5. The fourth-order valence-corrected chi connectivity index (χ4v) is 1.99. The fraction of sp³-hybridized carbons (Fsp3) is 0.333. The average Bonchev–Trinajstić information content (AvgIpc) is 2.31. The quantitative estimate of drug-likeness (QED) is 0.331. The van der Waals surface area contributed by atoms with E-state index in [1.807, 2.05) is 4.98 Å². The summed E-state index contributed by atoms with van der Waals surface area (Å²) < 4.78 is 62.8. The third-order valence-electron chi connectivity index (χ3n) is 2.45. The molecule has 14 heteroatoms. The molecule has 0 bridgehead atoms. The van der Waals surface area contributed by atoms with E-state index in [-0.39, 0.29) is 0 Å². The maximum Gasteiger partial charge on any atom is 0.534 e. The lowest BCUT2D eigenvalue weighted by Crippen LogP contribution is -2.30.